The smallest absolute Gasteiger partial charge is 0.193 e. The Kier molecular flexibility index (Phi) is 7.00. The van der Waals surface area contributed by atoms with Gasteiger partial charge in [0.15, 0.2) is 17.5 Å². The molecule has 0 bridgehead atoms. The number of halogens is 1. The van der Waals surface area contributed by atoms with E-state index >= 15 is 0 Å². The Labute approximate surface area is 154 Å². The standard InChI is InChI=1S/C19H27FN4O2/c1-6-21-19(22-10-9-16-13(2)23-26-14(16)3)24(4)12-15-7-8-18(25-5)17(20)11-15/h7-8,11H,6,9-10,12H2,1-5H3,(H,21,22). The van der Waals surface area contributed by atoms with E-state index in [0.717, 1.165) is 41.5 Å². The Morgan fingerprint density at radius 3 is 2.73 bits per heavy atom. The number of hydrogen-bond donors (Lipinski definition) is 1. The number of nitrogens with zero attached hydrogens (tertiary/aromatic N) is 3. The summed E-state index contributed by atoms with van der Waals surface area (Å²) in [6.07, 6.45) is 0.765. The Morgan fingerprint density at radius 2 is 2.15 bits per heavy atom. The van der Waals surface area contributed by atoms with Crippen molar-refractivity contribution in [3.8, 4) is 5.75 Å². The number of benzene rings is 1. The molecule has 0 atom stereocenters. The second-order valence-electron chi connectivity index (χ2n) is 6.11. The fraction of sp³-hybridized carbons (Fsp3) is 0.474. The minimum atomic E-state index is -0.362. The third kappa shape index (κ3) is 4.97. The fourth-order valence-corrected chi connectivity index (χ4v) is 2.76. The van der Waals surface area contributed by atoms with E-state index in [4.69, 9.17) is 9.26 Å². The third-order valence-corrected chi connectivity index (χ3v) is 4.14. The molecule has 0 saturated carbocycles. The summed E-state index contributed by atoms with van der Waals surface area (Å²) in [5.74, 6) is 1.50. The molecule has 0 aliphatic rings. The molecule has 0 radical (unpaired) electrons. The Bertz CT molecular complexity index is 738. The van der Waals surface area contributed by atoms with Gasteiger partial charge in [0.2, 0.25) is 0 Å². The van der Waals surface area contributed by atoms with Crippen molar-refractivity contribution in [2.75, 3.05) is 27.2 Å². The molecule has 26 heavy (non-hydrogen) atoms. The summed E-state index contributed by atoms with van der Waals surface area (Å²) < 4.78 is 24.0. The SMILES string of the molecule is CCNC(=NCCc1c(C)noc1C)N(C)Cc1ccc(OC)c(F)c1. The molecule has 0 amide bonds. The minimum Gasteiger partial charge on any atom is -0.494 e. The number of hydrogen-bond acceptors (Lipinski definition) is 4. The van der Waals surface area contributed by atoms with Gasteiger partial charge in [0.25, 0.3) is 0 Å². The van der Waals surface area contributed by atoms with E-state index in [2.05, 4.69) is 15.5 Å². The summed E-state index contributed by atoms with van der Waals surface area (Å²) in [4.78, 5) is 6.64. The van der Waals surface area contributed by atoms with E-state index in [-0.39, 0.29) is 11.6 Å². The van der Waals surface area contributed by atoms with Crippen molar-refractivity contribution in [1.29, 1.82) is 0 Å². The first-order valence-electron chi connectivity index (χ1n) is 8.69. The van der Waals surface area contributed by atoms with Crippen LogP contribution in [0.25, 0.3) is 0 Å². The molecular weight excluding hydrogens is 335 g/mol. The van der Waals surface area contributed by atoms with Crippen LogP contribution in [-0.2, 0) is 13.0 Å². The van der Waals surface area contributed by atoms with Gasteiger partial charge in [-0.05, 0) is 44.9 Å². The summed E-state index contributed by atoms with van der Waals surface area (Å²) in [6.45, 7) is 7.78. The van der Waals surface area contributed by atoms with E-state index in [9.17, 15) is 4.39 Å². The van der Waals surface area contributed by atoms with Crippen LogP contribution in [0.2, 0.25) is 0 Å². The summed E-state index contributed by atoms with van der Waals surface area (Å²) in [5, 5.41) is 7.24. The van der Waals surface area contributed by atoms with Crippen LogP contribution in [0.1, 0.15) is 29.5 Å². The highest BCUT2D eigenvalue weighted by Crippen LogP contribution is 2.18. The van der Waals surface area contributed by atoms with Gasteiger partial charge in [0.1, 0.15) is 5.76 Å². The van der Waals surface area contributed by atoms with Gasteiger partial charge in [-0.25, -0.2) is 4.39 Å². The maximum Gasteiger partial charge on any atom is 0.193 e. The number of guanidine groups is 1. The van der Waals surface area contributed by atoms with Crippen molar-refractivity contribution in [3.63, 3.8) is 0 Å². The highest BCUT2D eigenvalue weighted by Gasteiger charge is 2.11. The van der Waals surface area contributed by atoms with E-state index in [0.29, 0.717) is 13.1 Å². The van der Waals surface area contributed by atoms with E-state index in [1.807, 2.05) is 38.8 Å². The van der Waals surface area contributed by atoms with Crippen molar-refractivity contribution in [3.05, 3.63) is 46.6 Å². The highest BCUT2D eigenvalue weighted by molar-refractivity contribution is 5.79. The minimum absolute atomic E-state index is 0.247. The predicted molar refractivity (Wildman–Crippen MR) is 100 cm³/mol. The first-order valence-corrected chi connectivity index (χ1v) is 8.69. The van der Waals surface area contributed by atoms with Crippen LogP contribution in [0.15, 0.2) is 27.7 Å². The molecule has 0 spiro atoms. The highest BCUT2D eigenvalue weighted by atomic mass is 19.1. The van der Waals surface area contributed by atoms with Crippen LogP contribution in [0.3, 0.4) is 0 Å². The number of aryl methyl sites for hydroxylation is 2. The topological polar surface area (TPSA) is 62.9 Å². The molecule has 0 saturated heterocycles. The monoisotopic (exact) mass is 362 g/mol. The number of aromatic nitrogens is 1. The lowest BCUT2D eigenvalue weighted by Gasteiger charge is -2.22. The van der Waals surface area contributed by atoms with Gasteiger partial charge in [-0.1, -0.05) is 11.2 Å². The van der Waals surface area contributed by atoms with Crippen LogP contribution in [0.4, 0.5) is 4.39 Å². The summed E-state index contributed by atoms with van der Waals surface area (Å²) in [7, 11) is 3.39. The van der Waals surface area contributed by atoms with Gasteiger partial charge in [-0.3, -0.25) is 4.99 Å². The van der Waals surface area contributed by atoms with Crippen LogP contribution in [-0.4, -0.2) is 43.3 Å². The molecular formula is C19H27FN4O2. The molecule has 0 aliphatic heterocycles. The summed E-state index contributed by atoms with van der Waals surface area (Å²) >= 11 is 0. The van der Waals surface area contributed by atoms with Crippen LogP contribution < -0.4 is 10.1 Å². The zero-order valence-corrected chi connectivity index (χ0v) is 16.1. The first-order chi connectivity index (χ1) is 12.5. The first kappa shape index (κ1) is 19.8. The van der Waals surface area contributed by atoms with Crippen LogP contribution in [0, 0.1) is 19.7 Å². The molecule has 0 fully saturated rings. The number of methoxy groups -OCH3 is 1. The Balaban J connectivity index is 2.04. The predicted octanol–water partition coefficient (Wildman–Crippen LogP) is 3.08. The average molecular weight is 362 g/mol. The quantitative estimate of drug-likeness (QED) is 0.606. The molecule has 6 nitrogen and oxygen atoms in total. The zero-order chi connectivity index (χ0) is 19.1. The molecule has 1 N–H and O–H groups in total. The lowest BCUT2D eigenvalue weighted by molar-refractivity contribution is 0.385. The van der Waals surface area contributed by atoms with Gasteiger partial charge in [0, 0.05) is 32.2 Å². The summed E-state index contributed by atoms with van der Waals surface area (Å²) in [5.41, 5.74) is 2.86. The lowest BCUT2D eigenvalue weighted by Crippen LogP contribution is -2.38. The number of nitrogens with one attached hydrogen (secondary N) is 1. The second kappa shape index (κ2) is 9.22. The maximum atomic E-state index is 13.9. The molecule has 7 heteroatoms. The fourth-order valence-electron chi connectivity index (χ4n) is 2.76. The summed E-state index contributed by atoms with van der Waals surface area (Å²) in [6, 6.07) is 4.98. The second-order valence-corrected chi connectivity index (χ2v) is 6.11. The van der Waals surface area contributed by atoms with Crippen molar-refractivity contribution in [1.82, 2.24) is 15.4 Å². The van der Waals surface area contributed by atoms with Gasteiger partial charge in [-0.2, -0.15) is 0 Å². The van der Waals surface area contributed by atoms with E-state index in [1.54, 1.807) is 6.07 Å². The van der Waals surface area contributed by atoms with E-state index < -0.39 is 0 Å². The van der Waals surface area contributed by atoms with Crippen LogP contribution in [0.5, 0.6) is 5.75 Å². The average Bonchev–Trinajstić information content (AvgIpc) is 2.93. The molecule has 0 aliphatic carbocycles. The molecule has 2 rings (SSSR count). The molecule has 1 heterocycles. The van der Waals surface area contributed by atoms with Gasteiger partial charge in [-0.15, -0.1) is 0 Å². The lowest BCUT2D eigenvalue weighted by atomic mass is 10.1. The van der Waals surface area contributed by atoms with Crippen molar-refractivity contribution in [2.45, 2.75) is 33.7 Å². The van der Waals surface area contributed by atoms with Crippen molar-refractivity contribution >= 4 is 5.96 Å². The molecule has 2 aromatic rings. The van der Waals surface area contributed by atoms with Gasteiger partial charge < -0.3 is 19.5 Å². The number of ether oxygens (including phenoxy) is 1. The van der Waals surface area contributed by atoms with Crippen molar-refractivity contribution < 1.29 is 13.7 Å². The normalized spacial score (nSPS) is 11.5. The maximum absolute atomic E-state index is 13.9. The zero-order valence-electron chi connectivity index (χ0n) is 16.1. The largest absolute Gasteiger partial charge is 0.494 e. The Morgan fingerprint density at radius 1 is 1.38 bits per heavy atom. The van der Waals surface area contributed by atoms with Gasteiger partial charge in [0.05, 0.1) is 12.8 Å². The van der Waals surface area contributed by atoms with E-state index in [1.165, 1.54) is 13.2 Å². The third-order valence-electron chi connectivity index (χ3n) is 4.14. The molecule has 0 unspecified atom stereocenters. The van der Waals surface area contributed by atoms with Crippen LogP contribution >= 0.6 is 0 Å². The van der Waals surface area contributed by atoms with Gasteiger partial charge >= 0.3 is 0 Å². The number of aliphatic imine (C=N–C) groups is 1. The molecule has 1 aromatic heterocycles. The van der Waals surface area contributed by atoms with Crippen molar-refractivity contribution in [2.24, 2.45) is 4.99 Å². The molecule has 1 aromatic carbocycles. The molecule has 142 valence electrons. The Hall–Kier alpha value is -2.57. The number of rotatable bonds is 7.